The second-order valence-corrected chi connectivity index (χ2v) is 9.00. The standard InChI is InChI=1S/C12H23BN5O5P/c1-17(2)10-7-11(15-4-14-10)18(5-16-7)12-8(19)9-6(22-12)3-21-24(13,20)23-9/h4,6,8-10,12,16,19-20,24H,3,5,13H2,1-2H3,(H,14,15)/t6?,8?,9-,10?,12?/m1/s1. The Morgan fingerprint density at radius 2 is 2.29 bits per heavy atom. The van der Waals surface area contributed by atoms with Crippen molar-refractivity contribution in [2.45, 2.75) is 30.7 Å². The van der Waals surface area contributed by atoms with Crippen LogP contribution in [0.15, 0.2) is 16.5 Å². The van der Waals surface area contributed by atoms with E-state index in [1.165, 1.54) is 0 Å². The molecule has 0 aromatic heterocycles. The van der Waals surface area contributed by atoms with Gasteiger partial charge in [-0.2, -0.15) is 0 Å². The van der Waals surface area contributed by atoms with E-state index < -0.39 is 32.4 Å². The van der Waals surface area contributed by atoms with E-state index >= 15 is 0 Å². The SMILES string of the molecule is B[PH]1(O)OCC2OC(N3CNC4=C3N=CNC4N(C)C)C(O)[C@@H]2O1. The zero-order chi connectivity index (χ0) is 17.1. The van der Waals surface area contributed by atoms with Crippen molar-refractivity contribution < 1.29 is 23.8 Å². The van der Waals surface area contributed by atoms with Crippen LogP contribution < -0.4 is 10.6 Å². The van der Waals surface area contributed by atoms with Gasteiger partial charge in [-0.15, -0.1) is 0 Å². The van der Waals surface area contributed by atoms with Gasteiger partial charge in [0.2, 0.25) is 0 Å². The van der Waals surface area contributed by atoms with Crippen molar-refractivity contribution in [1.82, 2.24) is 20.4 Å². The summed E-state index contributed by atoms with van der Waals surface area (Å²) in [5, 5.41) is 17.2. The molecular formula is C12H23BN5O5P. The summed E-state index contributed by atoms with van der Waals surface area (Å²) < 4.78 is 16.9. The van der Waals surface area contributed by atoms with Gasteiger partial charge in [-0.1, -0.05) is 0 Å². The number of likely N-dealkylation sites (N-methyl/N-ethyl adjacent to an activating group) is 1. The zero-order valence-electron chi connectivity index (χ0n) is 13.8. The first kappa shape index (κ1) is 16.5. The van der Waals surface area contributed by atoms with Gasteiger partial charge in [0, 0.05) is 0 Å². The van der Waals surface area contributed by atoms with Crippen molar-refractivity contribution in [3.8, 4) is 0 Å². The van der Waals surface area contributed by atoms with Gasteiger partial charge in [0.05, 0.1) is 0 Å². The Morgan fingerprint density at radius 3 is 3.04 bits per heavy atom. The van der Waals surface area contributed by atoms with Gasteiger partial charge >= 0.3 is 141 Å². The Labute approximate surface area is 141 Å². The summed E-state index contributed by atoms with van der Waals surface area (Å²) >= 11 is 0. The van der Waals surface area contributed by atoms with Crippen LogP contribution in [-0.2, 0) is 13.8 Å². The van der Waals surface area contributed by atoms with Crippen LogP contribution in [0.25, 0.3) is 0 Å². The summed E-state index contributed by atoms with van der Waals surface area (Å²) in [5.74, 6) is 0.736. The van der Waals surface area contributed by atoms with E-state index in [2.05, 4.69) is 15.6 Å². The predicted molar refractivity (Wildman–Crippen MR) is 90.5 cm³/mol. The number of hydrogen-bond donors (Lipinski definition) is 4. The molecule has 134 valence electrons. The number of nitrogens with one attached hydrogen (secondary N) is 2. The molecule has 12 heteroatoms. The molecule has 24 heavy (non-hydrogen) atoms. The second-order valence-electron chi connectivity index (χ2n) is 6.68. The molecule has 4 aliphatic heterocycles. The number of nitrogens with zero attached hydrogens (tertiary/aromatic N) is 3. The molecule has 0 aromatic rings. The summed E-state index contributed by atoms with van der Waals surface area (Å²) in [5.41, 5.74) is 0.937. The van der Waals surface area contributed by atoms with Crippen LogP contribution in [0.5, 0.6) is 0 Å². The number of rotatable bonds is 2. The molecule has 4 heterocycles. The van der Waals surface area contributed by atoms with Crippen molar-refractivity contribution in [3.05, 3.63) is 11.5 Å². The minimum atomic E-state index is -3.18. The topological polar surface area (TPSA) is 111 Å². The molecule has 2 fully saturated rings. The fourth-order valence-corrected chi connectivity index (χ4v) is 4.83. The number of aliphatic hydroxyl groups excluding tert-OH is 1. The molecule has 4 aliphatic rings. The second kappa shape index (κ2) is 5.81. The average molecular weight is 359 g/mol. The van der Waals surface area contributed by atoms with Crippen LogP contribution in [0, 0.1) is 0 Å². The van der Waals surface area contributed by atoms with Crippen LogP contribution >= 0.6 is 7.82 Å². The third-order valence-electron chi connectivity index (χ3n) is 4.65. The number of hydrogen-bond acceptors (Lipinski definition) is 10. The molecule has 0 aliphatic carbocycles. The van der Waals surface area contributed by atoms with Crippen molar-refractivity contribution >= 4 is 21.7 Å². The Morgan fingerprint density at radius 1 is 1.50 bits per heavy atom. The minimum absolute atomic E-state index is 0.0175. The molecule has 0 aromatic carbocycles. The van der Waals surface area contributed by atoms with E-state index in [-0.39, 0.29) is 12.8 Å². The number of aliphatic imine (C=N–C) groups is 1. The van der Waals surface area contributed by atoms with Crippen LogP contribution in [0.2, 0.25) is 0 Å². The molecule has 0 saturated carbocycles. The molecular weight excluding hydrogens is 336 g/mol. The number of fused-ring (bicyclic) bond motifs is 1. The Kier molecular flexibility index (Phi) is 4.00. The molecule has 0 bridgehead atoms. The number of ether oxygens (including phenoxy) is 1. The maximum atomic E-state index is 10.7. The van der Waals surface area contributed by atoms with Gasteiger partial charge < -0.3 is 0 Å². The Balaban J connectivity index is 1.56. The first-order valence-electron chi connectivity index (χ1n) is 7.95. The zero-order valence-corrected chi connectivity index (χ0v) is 14.8. The maximum absolute atomic E-state index is 10.7. The third kappa shape index (κ3) is 2.60. The molecule has 4 unspecified atom stereocenters. The van der Waals surface area contributed by atoms with Crippen LogP contribution in [0.3, 0.4) is 0 Å². The molecule has 2 saturated heterocycles. The van der Waals surface area contributed by atoms with E-state index in [0.29, 0.717) is 6.67 Å². The molecule has 4 rings (SSSR count). The molecule has 5 atom stereocenters. The van der Waals surface area contributed by atoms with Crippen molar-refractivity contribution in [2.24, 2.45) is 4.99 Å². The van der Waals surface area contributed by atoms with Gasteiger partial charge in [0.15, 0.2) is 0 Å². The summed E-state index contributed by atoms with van der Waals surface area (Å²) in [6.07, 6.45) is -0.868. The molecule has 10 nitrogen and oxygen atoms in total. The Hall–Kier alpha value is -0.935. The fourth-order valence-electron chi connectivity index (χ4n) is 3.49. The average Bonchev–Trinajstić information content (AvgIpc) is 3.08. The van der Waals surface area contributed by atoms with Gasteiger partial charge in [0.1, 0.15) is 0 Å². The predicted octanol–water partition coefficient (Wildman–Crippen LogP) is -2.93. The summed E-state index contributed by atoms with van der Waals surface area (Å²) in [4.78, 5) is 18.3. The van der Waals surface area contributed by atoms with Crippen LogP contribution in [-0.4, -0.2) is 91.8 Å². The first-order chi connectivity index (χ1) is 11.4. The van der Waals surface area contributed by atoms with Gasteiger partial charge in [-0.3, -0.25) is 0 Å². The van der Waals surface area contributed by atoms with Crippen molar-refractivity contribution in [3.63, 3.8) is 0 Å². The van der Waals surface area contributed by atoms with Crippen molar-refractivity contribution in [1.29, 1.82) is 0 Å². The normalized spacial score (nSPS) is 41.7. The molecule has 4 N–H and O–H groups in total. The summed E-state index contributed by atoms with van der Waals surface area (Å²) in [7, 11) is 2.30. The third-order valence-corrected chi connectivity index (χ3v) is 6.06. The Bertz CT molecular complexity index is 590. The van der Waals surface area contributed by atoms with E-state index in [9.17, 15) is 10.00 Å². The van der Waals surface area contributed by atoms with E-state index in [1.807, 2.05) is 23.9 Å². The van der Waals surface area contributed by atoms with Gasteiger partial charge in [-0.05, 0) is 0 Å². The van der Waals surface area contributed by atoms with Crippen LogP contribution in [0.1, 0.15) is 0 Å². The first-order valence-corrected chi connectivity index (χ1v) is 10.2. The summed E-state index contributed by atoms with van der Waals surface area (Å²) in [6, 6.07) is 0. The van der Waals surface area contributed by atoms with Gasteiger partial charge in [-0.25, -0.2) is 0 Å². The number of aliphatic hydroxyl groups is 1. The van der Waals surface area contributed by atoms with Gasteiger partial charge in [0.25, 0.3) is 0 Å². The van der Waals surface area contributed by atoms with E-state index in [1.54, 1.807) is 13.9 Å². The quantitative estimate of drug-likeness (QED) is 0.304. The fraction of sp³-hybridized carbons (Fsp3) is 0.750. The van der Waals surface area contributed by atoms with E-state index in [4.69, 9.17) is 13.8 Å². The van der Waals surface area contributed by atoms with Crippen LogP contribution in [0.4, 0.5) is 0 Å². The monoisotopic (exact) mass is 359 g/mol. The van der Waals surface area contributed by atoms with E-state index in [0.717, 1.165) is 11.5 Å². The molecule has 0 spiro atoms. The van der Waals surface area contributed by atoms with Crippen molar-refractivity contribution in [2.75, 3.05) is 27.4 Å². The molecule has 0 radical (unpaired) electrons. The summed E-state index contributed by atoms with van der Waals surface area (Å²) in [6.45, 7) is 0.694. The molecule has 0 amide bonds.